The third kappa shape index (κ3) is 6.46. The Hall–Kier alpha value is -2.69. The standard InChI is InChI=1S/C29H41NO4/c1-3-4-5-10-15-22-20-21-23(16-11-7-6-8-14-19-25(31)34-2)27-26(22)28(32)30(29(27)33)24-17-12-9-13-18-24/h9,12-13,17-18,20-23,32-33H,3-8,10-11,14-16,19H2,1-2H3. The van der Waals surface area contributed by atoms with Crippen LogP contribution in [0.15, 0.2) is 42.5 Å². The van der Waals surface area contributed by atoms with Crippen LogP contribution in [-0.2, 0) is 9.53 Å². The van der Waals surface area contributed by atoms with Gasteiger partial charge in [0.2, 0.25) is 11.8 Å². The third-order valence-electron chi connectivity index (χ3n) is 7.02. The maximum Gasteiger partial charge on any atom is 0.305 e. The first-order valence-electron chi connectivity index (χ1n) is 13.0. The summed E-state index contributed by atoms with van der Waals surface area (Å²) < 4.78 is 6.31. The van der Waals surface area contributed by atoms with E-state index >= 15 is 0 Å². The quantitative estimate of drug-likeness (QED) is 0.171. The summed E-state index contributed by atoms with van der Waals surface area (Å²) in [7, 11) is 1.43. The summed E-state index contributed by atoms with van der Waals surface area (Å²) >= 11 is 0. The van der Waals surface area contributed by atoms with Crippen LogP contribution >= 0.6 is 0 Å². The number of unbranched alkanes of at least 4 members (excludes halogenated alkanes) is 7. The molecular weight excluding hydrogens is 426 g/mol. The molecule has 5 nitrogen and oxygen atoms in total. The zero-order valence-corrected chi connectivity index (χ0v) is 20.8. The Bertz CT molecular complexity index is 931. The van der Waals surface area contributed by atoms with E-state index in [2.05, 4.69) is 19.1 Å². The predicted molar refractivity (Wildman–Crippen MR) is 137 cm³/mol. The largest absolute Gasteiger partial charge is 0.494 e. The van der Waals surface area contributed by atoms with Crippen LogP contribution in [0.4, 0.5) is 0 Å². The normalized spacial score (nSPS) is 17.0. The van der Waals surface area contributed by atoms with Crippen LogP contribution < -0.4 is 0 Å². The van der Waals surface area contributed by atoms with Gasteiger partial charge in [0, 0.05) is 29.4 Å². The zero-order chi connectivity index (χ0) is 24.3. The molecule has 0 bridgehead atoms. The van der Waals surface area contributed by atoms with Crippen LogP contribution in [0.1, 0.15) is 107 Å². The van der Waals surface area contributed by atoms with Gasteiger partial charge in [-0.2, -0.15) is 0 Å². The highest BCUT2D eigenvalue weighted by molar-refractivity contribution is 5.69. The first kappa shape index (κ1) is 25.9. The molecule has 1 heterocycles. The summed E-state index contributed by atoms with van der Waals surface area (Å²) in [5.74, 6) is 0.452. The van der Waals surface area contributed by atoms with Crippen LogP contribution in [0.2, 0.25) is 0 Å². The molecule has 5 heteroatoms. The lowest BCUT2D eigenvalue weighted by Gasteiger charge is -2.24. The molecule has 2 aromatic rings. The summed E-state index contributed by atoms with van der Waals surface area (Å²) in [6, 6.07) is 9.61. The molecule has 2 unspecified atom stereocenters. The molecule has 0 radical (unpaired) electrons. The minimum absolute atomic E-state index is 0.104. The van der Waals surface area contributed by atoms with Crippen molar-refractivity contribution in [2.45, 2.75) is 95.8 Å². The summed E-state index contributed by atoms with van der Waals surface area (Å²) in [5.41, 5.74) is 2.58. The van der Waals surface area contributed by atoms with E-state index in [0.29, 0.717) is 6.42 Å². The van der Waals surface area contributed by atoms with Gasteiger partial charge in [-0.25, -0.2) is 0 Å². The molecular formula is C29H41NO4. The molecule has 0 amide bonds. The van der Waals surface area contributed by atoms with Crippen LogP contribution in [-0.4, -0.2) is 27.9 Å². The van der Waals surface area contributed by atoms with E-state index in [9.17, 15) is 15.0 Å². The summed E-state index contributed by atoms with van der Waals surface area (Å²) in [6.45, 7) is 2.21. The lowest BCUT2D eigenvalue weighted by Crippen LogP contribution is -2.08. The van der Waals surface area contributed by atoms with Gasteiger partial charge in [-0.3, -0.25) is 9.36 Å². The number of aromatic hydroxyl groups is 2. The molecule has 1 aromatic carbocycles. The number of esters is 1. The summed E-state index contributed by atoms with van der Waals surface area (Å²) in [4.78, 5) is 11.2. The molecule has 0 saturated heterocycles. The first-order chi connectivity index (χ1) is 16.6. The number of methoxy groups -OCH3 is 1. The van der Waals surface area contributed by atoms with Crippen molar-refractivity contribution in [2.24, 2.45) is 0 Å². The second-order valence-electron chi connectivity index (χ2n) is 9.48. The molecule has 2 N–H and O–H groups in total. The Morgan fingerprint density at radius 1 is 0.824 bits per heavy atom. The van der Waals surface area contributed by atoms with Crippen molar-refractivity contribution in [1.29, 1.82) is 0 Å². The molecule has 34 heavy (non-hydrogen) atoms. The number of benzene rings is 1. The van der Waals surface area contributed by atoms with E-state index in [1.165, 1.54) is 26.4 Å². The number of ether oxygens (including phenoxy) is 1. The second kappa shape index (κ2) is 13.3. The van der Waals surface area contributed by atoms with Gasteiger partial charge in [0.1, 0.15) is 0 Å². The number of carbonyl (C=O) groups is 1. The van der Waals surface area contributed by atoms with E-state index in [1.807, 2.05) is 30.3 Å². The molecule has 1 aliphatic rings. The van der Waals surface area contributed by atoms with Gasteiger partial charge in [-0.1, -0.05) is 88.6 Å². The molecule has 0 saturated carbocycles. The Labute approximate surface area is 204 Å². The Kier molecular flexibility index (Phi) is 10.1. The van der Waals surface area contributed by atoms with Crippen LogP contribution in [0.5, 0.6) is 11.8 Å². The highest BCUT2D eigenvalue weighted by Gasteiger charge is 2.33. The lowest BCUT2D eigenvalue weighted by atomic mass is 9.79. The summed E-state index contributed by atoms with van der Waals surface area (Å²) in [6.07, 6.45) is 16.8. The van der Waals surface area contributed by atoms with E-state index in [-0.39, 0.29) is 29.6 Å². The fraction of sp³-hybridized carbons (Fsp3) is 0.552. The van der Waals surface area contributed by atoms with Gasteiger partial charge in [0.05, 0.1) is 12.8 Å². The Morgan fingerprint density at radius 3 is 1.91 bits per heavy atom. The van der Waals surface area contributed by atoms with Crippen LogP contribution in [0.25, 0.3) is 5.69 Å². The highest BCUT2D eigenvalue weighted by Crippen LogP contribution is 2.50. The summed E-state index contributed by atoms with van der Waals surface area (Å²) in [5, 5.41) is 22.5. The predicted octanol–water partition coefficient (Wildman–Crippen LogP) is 7.50. The fourth-order valence-corrected chi connectivity index (χ4v) is 5.13. The van der Waals surface area contributed by atoms with Gasteiger partial charge in [-0.05, 0) is 31.4 Å². The minimum atomic E-state index is -0.137. The van der Waals surface area contributed by atoms with Crippen molar-refractivity contribution >= 4 is 5.97 Å². The fourth-order valence-electron chi connectivity index (χ4n) is 5.13. The van der Waals surface area contributed by atoms with Crippen molar-refractivity contribution in [2.75, 3.05) is 7.11 Å². The van der Waals surface area contributed by atoms with Gasteiger partial charge in [0.25, 0.3) is 0 Å². The molecule has 0 fully saturated rings. The number of para-hydroxylation sites is 1. The topological polar surface area (TPSA) is 71.7 Å². The third-order valence-corrected chi connectivity index (χ3v) is 7.02. The smallest absolute Gasteiger partial charge is 0.305 e. The number of allylic oxidation sites excluding steroid dienone is 2. The van der Waals surface area contributed by atoms with Gasteiger partial charge >= 0.3 is 5.97 Å². The average molecular weight is 468 g/mol. The molecule has 186 valence electrons. The zero-order valence-electron chi connectivity index (χ0n) is 20.8. The van der Waals surface area contributed by atoms with E-state index in [0.717, 1.165) is 68.2 Å². The van der Waals surface area contributed by atoms with Gasteiger partial charge in [0.15, 0.2) is 0 Å². The van der Waals surface area contributed by atoms with Crippen molar-refractivity contribution in [3.05, 3.63) is 53.6 Å². The maximum absolute atomic E-state index is 11.3. The maximum atomic E-state index is 11.3. The van der Waals surface area contributed by atoms with Gasteiger partial charge in [-0.15, -0.1) is 0 Å². The molecule has 0 aliphatic heterocycles. The van der Waals surface area contributed by atoms with Crippen LogP contribution in [0, 0.1) is 0 Å². The number of carbonyl (C=O) groups excluding carboxylic acids is 1. The Balaban J connectivity index is 1.71. The number of hydrogen-bond donors (Lipinski definition) is 2. The number of nitrogens with zero attached hydrogens (tertiary/aromatic N) is 1. The first-order valence-corrected chi connectivity index (χ1v) is 13.0. The van der Waals surface area contributed by atoms with Gasteiger partial charge < -0.3 is 14.9 Å². The van der Waals surface area contributed by atoms with E-state index in [4.69, 9.17) is 4.74 Å². The average Bonchev–Trinajstić information content (AvgIpc) is 3.13. The molecule has 3 rings (SSSR count). The molecule has 1 aliphatic carbocycles. The lowest BCUT2D eigenvalue weighted by molar-refractivity contribution is -0.140. The minimum Gasteiger partial charge on any atom is -0.494 e. The van der Waals surface area contributed by atoms with Crippen molar-refractivity contribution in [3.8, 4) is 17.4 Å². The molecule has 1 aromatic heterocycles. The molecule has 2 atom stereocenters. The van der Waals surface area contributed by atoms with E-state index < -0.39 is 0 Å². The van der Waals surface area contributed by atoms with Crippen molar-refractivity contribution < 1.29 is 19.7 Å². The Morgan fingerprint density at radius 2 is 1.35 bits per heavy atom. The SMILES string of the molecule is CCCCCCC1C=CC(CCCCCCCC(=O)OC)c2c1c(O)n(-c1ccccc1)c2O. The van der Waals surface area contributed by atoms with Crippen molar-refractivity contribution in [3.63, 3.8) is 0 Å². The molecule has 0 spiro atoms. The number of aromatic nitrogens is 1. The highest BCUT2D eigenvalue weighted by atomic mass is 16.5. The second-order valence-corrected chi connectivity index (χ2v) is 9.48. The number of hydrogen-bond acceptors (Lipinski definition) is 4. The van der Waals surface area contributed by atoms with Crippen molar-refractivity contribution in [1.82, 2.24) is 4.57 Å². The van der Waals surface area contributed by atoms with E-state index in [1.54, 1.807) is 4.57 Å². The monoisotopic (exact) mass is 467 g/mol. The number of fused-ring (bicyclic) bond motifs is 1. The number of rotatable bonds is 14. The van der Waals surface area contributed by atoms with Crippen LogP contribution in [0.3, 0.4) is 0 Å².